The van der Waals surface area contributed by atoms with Crippen LogP contribution >= 0.6 is 0 Å². The maximum atomic E-state index is 13.5. The summed E-state index contributed by atoms with van der Waals surface area (Å²) in [6, 6.07) is 10.1. The number of H-pyrrole nitrogens is 1. The summed E-state index contributed by atoms with van der Waals surface area (Å²) in [5.74, 6) is -1.95. The number of nitrogens with one attached hydrogen (secondary N) is 2. The minimum atomic E-state index is -0.808. The summed E-state index contributed by atoms with van der Waals surface area (Å²) in [5, 5.41) is 3.32. The summed E-state index contributed by atoms with van der Waals surface area (Å²) in [7, 11) is 0. The second-order valence-electron chi connectivity index (χ2n) is 4.33. The van der Waals surface area contributed by atoms with Gasteiger partial charge in [0.2, 0.25) is 0 Å². The van der Waals surface area contributed by atoms with Crippen LogP contribution in [0.3, 0.4) is 0 Å². The molecule has 1 amide bonds. The molecule has 3 nitrogen and oxygen atoms in total. The van der Waals surface area contributed by atoms with Gasteiger partial charge in [0.25, 0.3) is 5.91 Å². The van der Waals surface area contributed by atoms with Gasteiger partial charge in [0.05, 0.1) is 16.8 Å². The summed E-state index contributed by atoms with van der Waals surface area (Å²) in [5.41, 5.74) is 1.02. The highest BCUT2D eigenvalue weighted by molar-refractivity contribution is 6.12. The summed E-state index contributed by atoms with van der Waals surface area (Å²) in [6.45, 7) is 0. The molecule has 0 fully saturated rings. The van der Waals surface area contributed by atoms with Crippen molar-refractivity contribution >= 4 is 22.5 Å². The Hall–Kier alpha value is -2.69. The van der Waals surface area contributed by atoms with Crippen molar-refractivity contribution in [3.8, 4) is 0 Å². The average molecular weight is 272 g/mol. The summed E-state index contributed by atoms with van der Waals surface area (Å²) in [6.07, 6.45) is 1.72. The zero-order valence-electron chi connectivity index (χ0n) is 10.3. The molecule has 0 unspecified atom stereocenters. The number of fused-ring (bicyclic) bond motifs is 1. The van der Waals surface area contributed by atoms with Crippen LogP contribution in [0.5, 0.6) is 0 Å². The molecular formula is C15H10F2N2O. The fourth-order valence-electron chi connectivity index (χ4n) is 2.05. The molecule has 3 rings (SSSR count). The maximum Gasteiger partial charge on any atom is 0.257 e. The van der Waals surface area contributed by atoms with E-state index in [1.807, 2.05) is 12.1 Å². The van der Waals surface area contributed by atoms with Crippen LogP contribution in [0.25, 0.3) is 10.9 Å². The molecular weight excluding hydrogens is 262 g/mol. The number of hydrogen-bond donors (Lipinski definition) is 2. The third-order valence-corrected chi connectivity index (χ3v) is 3.01. The van der Waals surface area contributed by atoms with E-state index in [0.717, 1.165) is 17.5 Å². The van der Waals surface area contributed by atoms with E-state index in [9.17, 15) is 13.6 Å². The van der Waals surface area contributed by atoms with Crippen LogP contribution < -0.4 is 5.32 Å². The molecule has 0 bridgehead atoms. The van der Waals surface area contributed by atoms with Crippen molar-refractivity contribution in [3.05, 3.63) is 65.9 Å². The first kappa shape index (κ1) is 12.3. The lowest BCUT2D eigenvalue weighted by Gasteiger charge is -2.07. The third kappa shape index (κ3) is 2.14. The molecule has 1 heterocycles. The Bertz CT molecular complexity index is 795. The maximum absolute atomic E-state index is 13.5. The minimum absolute atomic E-state index is 0.0556. The molecule has 0 aliphatic carbocycles. The first-order valence-corrected chi connectivity index (χ1v) is 5.97. The van der Waals surface area contributed by atoms with Crippen LogP contribution in [-0.2, 0) is 0 Å². The lowest BCUT2D eigenvalue weighted by atomic mass is 10.1. The van der Waals surface area contributed by atoms with Gasteiger partial charge in [-0.15, -0.1) is 0 Å². The molecule has 100 valence electrons. The van der Waals surface area contributed by atoms with Gasteiger partial charge in [-0.3, -0.25) is 4.79 Å². The normalized spacial score (nSPS) is 10.7. The number of benzene rings is 2. The quantitative estimate of drug-likeness (QED) is 0.734. The second-order valence-corrected chi connectivity index (χ2v) is 4.33. The van der Waals surface area contributed by atoms with E-state index in [0.29, 0.717) is 11.1 Å². The number of hydrogen-bond acceptors (Lipinski definition) is 1. The monoisotopic (exact) mass is 272 g/mol. The van der Waals surface area contributed by atoms with E-state index in [1.54, 1.807) is 18.3 Å². The van der Waals surface area contributed by atoms with Gasteiger partial charge in [-0.1, -0.05) is 12.1 Å². The van der Waals surface area contributed by atoms with Gasteiger partial charge in [-0.05, 0) is 24.3 Å². The first-order valence-electron chi connectivity index (χ1n) is 5.97. The Morgan fingerprint density at radius 3 is 2.75 bits per heavy atom. The number of para-hydroxylation sites is 1. The van der Waals surface area contributed by atoms with Crippen molar-refractivity contribution in [2.24, 2.45) is 0 Å². The van der Waals surface area contributed by atoms with Gasteiger partial charge in [-0.2, -0.15) is 0 Å². The van der Waals surface area contributed by atoms with Crippen LogP contribution in [0.15, 0.2) is 48.7 Å². The summed E-state index contributed by atoms with van der Waals surface area (Å²) in [4.78, 5) is 15.1. The second kappa shape index (κ2) is 4.77. The Labute approximate surface area is 113 Å². The van der Waals surface area contributed by atoms with E-state index in [4.69, 9.17) is 0 Å². The van der Waals surface area contributed by atoms with Gasteiger partial charge in [0, 0.05) is 17.6 Å². The highest BCUT2D eigenvalue weighted by atomic mass is 19.1. The summed E-state index contributed by atoms with van der Waals surface area (Å²) >= 11 is 0. The number of rotatable bonds is 2. The predicted molar refractivity (Wildman–Crippen MR) is 72.6 cm³/mol. The van der Waals surface area contributed by atoms with E-state index >= 15 is 0 Å². The lowest BCUT2D eigenvalue weighted by Crippen LogP contribution is -2.13. The van der Waals surface area contributed by atoms with Crippen molar-refractivity contribution in [2.75, 3.05) is 5.32 Å². The number of carbonyl (C=O) groups is 1. The van der Waals surface area contributed by atoms with Crippen molar-refractivity contribution in [1.82, 2.24) is 4.98 Å². The number of carbonyl (C=O) groups excluding carboxylic acids is 1. The molecule has 1 aromatic heterocycles. The largest absolute Gasteiger partial charge is 0.361 e. The lowest BCUT2D eigenvalue weighted by molar-refractivity contribution is 0.102. The van der Waals surface area contributed by atoms with Gasteiger partial charge in [0.1, 0.15) is 11.6 Å². The van der Waals surface area contributed by atoms with Crippen molar-refractivity contribution in [3.63, 3.8) is 0 Å². The smallest absolute Gasteiger partial charge is 0.257 e. The van der Waals surface area contributed by atoms with Gasteiger partial charge >= 0.3 is 0 Å². The number of aromatic nitrogens is 1. The van der Waals surface area contributed by atoms with E-state index in [-0.39, 0.29) is 5.69 Å². The van der Waals surface area contributed by atoms with Crippen LogP contribution in [0.1, 0.15) is 10.4 Å². The third-order valence-electron chi connectivity index (χ3n) is 3.01. The van der Waals surface area contributed by atoms with Crippen LogP contribution in [0.4, 0.5) is 14.5 Å². The molecule has 20 heavy (non-hydrogen) atoms. The van der Waals surface area contributed by atoms with E-state index < -0.39 is 17.5 Å². The molecule has 0 saturated heterocycles. The number of amides is 1. The average Bonchev–Trinajstić information content (AvgIpc) is 2.90. The standard InChI is InChI=1S/C15H10F2N2O/c16-10-4-5-13(12(17)8-10)19-15(20)11-3-1-2-9-6-7-18-14(9)11/h1-8,18H,(H,19,20). The van der Waals surface area contributed by atoms with Crippen molar-refractivity contribution in [2.45, 2.75) is 0 Å². The van der Waals surface area contributed by atoms with Crippen LogP contribution in [0, 0.1) is 11.6 Å². The molecule has 0 radical (unpaired) electrons. The SMILES string of the molecule is O=C(Nc1ccc(F)cc1F)c1cccc2cc[nH]c12. The molecule has 0 atom stereocenters. The molecule has 2 aromatic carbocycles. The molecule has 5 heteroatoms. The van der Waals surface area contributed by atoms with Crippen molar-refractivity contribution in [1.29, 1.82) is 0 Å². The zero-order chi connectivity index (χ0) is 14.1. The molecule has 0 spiro atoms. The molecule has 0 saturated carbocycles. The minimum Gasteiger partial charge on any atom is -0.361 e. The van der Waals surface area contributed by atoms with E-state index in [1.165, 1.54) is 6.07 Å². The number of halogens is 2. The Morgan fingerprint density at radius 1 is 1.10 bits per heavy atom. The highest BCUT2D eigenvalue weighted by Gasteiger charge is 2.13. The Balaban J connectivity index is 1.95. The van der Waals surface area contributed by atoms with E-state index in [2.05, 4.69) is 10.3 Å². The fraction of sp³-hybridized carbons (Fsp3) is 0. The first-order chi connectivity index (χ1) is 9.65. The predicted octanol–water partition coefficient (Wildman–Crippen LogP) is 3.70. The highest BCUT2D eigenvalue weighted by Crippen LogP contribution is 2.20. The van der Waals surface area contributed by atoms with Gasteiger partial charge < -0.3 is 10.3 Å². The van der Waals surface area contributed by atoms with Crippen LogP contribution in [-0.4, -0.2) is 10.9 Å². The molecule has 0 aliphatic rings. The molecule has 3 aromatic rings. The Morgan fingerprint density at radius 2 is 1.95 bits per heavy atom. The van der Waals surface area contributed by atoms with Gasteiger partial charge in [0.15, 0.2) is 0 Å². The van der Waals surface area contributed by atoms with Gasteiger partial charge in [-0.25, -0.2) is 8.78 Å². The zero-order valence-corrected chi connectivity index (χ0v) is 10.3. The Kier molecular flexibility index (Phi) is 2.95. The fourth-order valence-corrected chi connectivity index (χ4v) is 2.05. The number of aromatic amines is 1. The van der Waals surface area contributed by atoms with Crippen LogP contribution in [0.2, 0.25) is 0 Å². The molecule has 0 aliphatic heterocycles. The molecule has 2 N–H and O–H groups in total. The van der Waals surface area contributed by atoms with Crippen molar-refractivity contribution < 1.29 is 13.6 Å². The topological polar surface area (TPSA) is 44.9 Å². The number of anilines is 1. The summed E-state index contributed by atoms with van der Waals surface area (Å²) < 4.78 is 26.3.